The van der Waals surface area contributed by atoms with Crippen molar-refractivity contribution < 1.29 is 27.9 Å². The van der Waals surface area contributed by atoms with Crippen molar-refractivity contribution in [2.24, 2.45) is 0 Å². The van der Waals surface area contributed by atoms with Gasteiger partial charge in [0.05, 0.1) is 5.69 Å². The second kappa shape index (κ2) is 7.60. The van der Waals surface area contributed by atoms with E-state index < -0.39 is 22.1 Å². The number of amides is 1. The highest BCUT2D eigenvalue weighted by Crippen LogP contribution is 2.36. The maximum Gasteiger partial charge on any atom is 0.414 e. The van der Waals surface area contributed by atoms with Crippen LogP contribution in [0.15, 0.2) is 34.5 Å². The van der Waals surface area contributed by atoms with Crippen LogP contribution in [-0.4, -0.2) is 49.0 Å². The number of anilines is 1. The third-order valence-electron chi connectivity index (χ3n) is 5.12. The Morgan fingerprint density at radius 3 is 2.66 bits per heavy atom. The summed E-state index contributed by atoms with van der Waals surface area (Å²) in [6.45, 7) is 0.441. The Labute approximate surface area is 176 Å². The average molecular weight is 457 g/mol. The third-order valence-corrected chi connectivity index (χ3v) is 8.45. The van der Waals surface area contributed by atoms with Gasteiger partial charge in [-0.15, -0.1) is 11.3 Å². The maximum atomic E-state index is 12.9. The Bertz CT molecular complexity index is 1080. The van der Waals surface area contributed by atoms with Gasteiger partial charge in [0, 0.05) is 29.7 Å². The molecule has 11 heteroatoms. The molecule has 2 aliphatic heterocycles. The van der Waals surface area contributed by atoms with Crippen molar-refractivity contribution in [1.82, 2.24) is 4.31 Å². The number of hydrogen-bond donors (Lipinski definition) is 1. The lowest BCUT2D eigenvalue weighted by atomic mass is 10.0. The fourth-order valence-electron chi connectivity index (χ4n) is 3.70. The molecule has 1 fully saturated rings. The van der Waals surface area contributed by atoms with Gasteiger partial charge in [0.15, 0.2) is 0 Å². The highest BCUT2D eigenvalue weighted by atomic mass is 35.5. The number of thiophene rings is 1. The number of carbonyl (C=O) groups is 2. The van der Waals surface area contributed by atoms with Crippen molar-refractivity contribution in [2.75, 3.05) is 18.0 Å². The fourth-order valence-corrected chi connectivity index (χ4v) is 6.63. The molecule has 1 saturated heterocycles. The highest BCUT2D eigenvalue weighted by molar-refractivity contribution is 7.89. The molecule has 0 unspecified atom stereocenters. The molecule has 0 bridgehead atoms. The normalized spacial score (nSPS) is 18.4. The highest BCUT2D eigenvalue weighted by Gasteiger charge is 2.38. The quantitative estimate of drug-likeness (QED) is 0.756. The van der Waals surface area contributed by atoms with Crippen molar-refractivity contribution in [3.63, 3.8) is 0 Å². The van der Waals surface area contributed by atoms with Gasteiger partial charge in [-0.05, 0) is 36.4 Å². The van der Waals surface area contributed by atoms with Crippen LogP contribution in [0, 0.1) is 0 Å². The number of carboxylic acids is 1. The molecule has 0 spiro atoms. The largest absolute Gasteiger partial charge is 0.477 e. The molecule has 0 atom stereocenters. The van der Waals surface area contributed by atoms with Gasteiger partial charge in [0.25, 0.3) is 0 Å². The lowest BCUT2D eigenvalue weighted by molar-refractivity contribution is 0.0698. The summed E-state index contributed by atoms with van der Waals surface area (Å²) < 4.78 is 32.3. The minimum atomic E-state index is -3.92. The Morgan fingerprint density at radius 1 is 1.24 bits per heavy atom. The summed E-state index contributed by atoms with van der Waals surface area (Å²) in [6.07, 6.45) is 0.312. The first-order valence-corrected chi connectivity index (χ1v) is 11.5. The molecular weight excluding hydrogens is 440 g/mol. The van der Waals surface area contributed by atoms with Crippen LogP contribution in [0.25, 0.3) is 0 Å². The van der Waals surface area contributed by atoms with E-state index in [1.54, 1.807) is 23.1 Å². The van der Waals surface area contributed by atoms with Crippen molar-refractivity contribution in [1.29, 1.82) is 0 Å². The number of halogens is 1. The summed E-state index contributed by atoms with van der Waals surface area (Å²) in [4.78, 5) is 24.9. The van der Waals surface area contributed by atoms with E-state index >= 15 is 0 Å². The molecule has 3 heterocycles. The number of benzene rings is 1. The first-order valence-electron chi connectivity index (χ1n) is 8.85. The van der Waals surface area contributed by atoms with E-state index in [-0.39, 0.29) is 35.5 Å². The van der Waals surface area contributed by atoms with Crippen molar-refractivity contribution >= 4 is 50.7 Å². The first-order chi connectivity index (χ1) is 13.8. The predicted octanol–water partition coefficient (Wildman–Crippen LogP) is 3.41. The third kappa shape index (κ3) is 3.50. The van der Waals surface area contributed by atoms with Gasteiger partial charge in [-0.25, -0.2) is 18.0 Å². The van der Waals surface area contributed by atoms with E-state index in [0.717, 1.165) is 16.9 Å². The van der Waals surface area contributed by atoms with Gasteiger partial charge < -0.3 is 9.84 Å². The van der Waals surface area contributed by atoms with Gasteiger partial charge in [-0.3, -0.25) is 4.90 Å². The van der Waals surface area contributed by atoms with Crippen LogP contribution in [0.4, 0.5) is 10.5 Å². The van der Waals surface area contributed by atoms with Crippen molar-refractivity contribution in [3.8, 4) is 0 Å². The Balaban J connectivity index is 1.55. The summed E-state index contributed by atoms with van der Waals surface area (Å²) in [6, 6.07) is 6.36. The average Bonchev–Trinajstić information content (AvgIpc) is 3.19. The molecule has 1 aromatic carbocycles. The number of fused-ring (bicyclic) bond motifs is 1. The van der Waals surface area contributed by atoms with Crippen molar-refractivity contribution in [2.45, 2.75) is 30.4 Å². The molecule has 0 saturated carbocycles. The monoisotopic (exact) mass is 456 g/mol. The number of hydrogen-bond acceptors (Lipinski definition) is 6. The Hall–Kier alpha value is -2.14. The smallest absolute Gasteiger partial charge is 0.414 e. The SMILES string of the molecule is O=C(O)c1sccc1S(=O)(=O)N1CCC(N2C(=O)OCc3c(Cl)cccc32)CC1. The lowest BCUT2D eigenvalue weighted by Crippen LogP contribution is -2.50. The number of rotatable bonds is 4. The Kier molecular flexibility index (Phi) is 5.28. The topological polar surface area (TPSA) is 104 Å². The Morgan fingerprint density at radius 2 is 1.97 bits per heavy atom. The van der Waals surface area contributed by atoms with Crippen LogP contribution >= 0.6 is 22.9 Å². The molecule has 2 aliphatic rings. The van der Waals surface area contributed by atoms with Gasteiger partial charge >= 0.3 is 12.1 Å². The zero-order valence-corrected chi connectivity index (χ0v) is 17.5. The lowest BCUT2D eigenvalue weighted by Gasteiger charge is -2.39. The van der Waals surface area contributed by atoms with Crippen LogP contribution in [0.3, 0.4) is 0 Å². The molecule has 29 heavy (non-hydrogen) atoms. The van der Waals surface area contributed by atoms with E-state index in [2.05, 4.69) is 0 Å². The van der Waals surface area contributed by atoms with E-state index in [1.807, 2.05) is 0 Å². The van der Waals surface area contributed by atoms with Gasteiger partial charge in [-0.1, -0.05) is 17.7 Å². The van der Waals surface area contributed by atoms with Crippen molar-refractivity contribution in [3.05, 3.63) is 45.1 Å². The molecule has 4 rings (SSSR count). The summed E-state index contributed by atoms with van der Waals surface area (Å²) in [5.41, 5.74) is 1.41. The molecular formula is C18H17ClN2O6S2. The molecule has 8 nitrogen and oxygen atoms in total. The van der Waals surface area contributed by atoms with Gasteiger partial charge in [-0.2, -0.15) is 4.31 Å². The fraction of sp³-hybridized carbons (Fsp3) is 0.333. The van der Waals surface area contributed by atoms with E-state index in [4.69, 9.17) is 16.3 Å². The second-order valence-corrected chi connectivity index (χ2v) is 9.95. The number of ether oxygens (including phenoxy) is 1. The number of carbonyl (C=O) groups excluding carboxylic acids is 1. The number of carboxylic acid groups (broad SMARTS) is 1. The van der Waals surface area contributed by atoms with Crippen LogP contribution in [0.5, 0.6) is 0 Å². The molecule has 1 amide bonds. The zero-order chi connectivity index (χ0) is 20.8. The molecule has 1 aromatic heterocycles. The van der Waals surface area contributed by atoms with Gasteiger partial charge in [0.1, 0.15) is 16.4 Å². The predicted molar refractivity (Wildman–Crippen MR) is 107 cm³/mol. The number of piperidine rings is 1. The van der Waals surface area contributed by atoms with E-state index in [0.29, 0.717) is 23.6 Å². The number of sulfonamides is 1. The summed E-state index contributed by atoms with van der Waals surface area (Å²) in [7, 11) is -3.92. The second-order valence-electron chi connectivity index (χ2n) is 6.72. The zero-order valence-electron chi connectivity index (χ0n) is 15.1. The van der Waals surface area contributed by atoms with Crippen LogP contribution in [0.2, 0.25) is 5.02 Å². The number of aromatic carboxylic acids is 1. The molecule has 1 N–H and O–H groups in total. The van der Waals surface area contributed by atoms with E-state index in [1.165, 1.54) is 15.8 Å². The summed E-state index contributed by atoms with van der Waals surface area (Å²) in [5.74, 6) is -1.27. The molecule has 0 aliphatic carbocycles. The number of cyclic esters (lactones) is 1. The van der Waals surface area contributed by atoms with E-state index in [9.17, 15) is 23.1 Å². The maximum absolute atomic E-state index is 12.9. The van der Waals surface area contributed by atoms with Crippen LogP contribution in [0.1, 0.15) is 28.1 Å². The molecule has 154 valence electrons. The standard InChI is InChI=1S/C18H17ClN2O6S2/c19-13-2-1-3-14-12(13)10-27-18(24)21(14)11-4-7-20(8-5-11)29(25,26)15-6-9-28-16(15)17(22)23/h1-3,6,9,11H,4-5,7-8,10H2,(H,22,23). The minimum Gasteiger partial charge on any atom is -0.477 e. The number of nitrogens with zero attached hydrogens (tertiary/aromatic N) is 2. The first kappa shape index (κ1) is 20.1. The molecule has 2 aromatic rings. The van der Waals surface area contributed by atoms with Crippen LogP contribution < -0.4 is 4.90 Å². The summed E-state index contributed by atoms with van der Waals surface area (Å²) >= 11 is 7.10. The summed E-state index contributed by atoms with van der Waals surface area (Å²) in [5, 5.41) is 11.2. The minimum absolute atomic E-state index is 0.105. The molecule has 0 radical (unpaired) electrons. The van der Waals surface area contributed by atoms with Crippen LogP contribution in [-0.2, 0) is 21.4 Å². The van der Waals surface area contributed by atoms with Gasteiger partial charge in [0.2, 0.25) is 10.0 Å².